The van der Waals surface area contributed by atoms with E-state index in [1.807, 2.05) is 24.3 Å². The first-order valence-electron chi connectivity index (χ1n) is 18.0. The lowest BCUT2D eigenvalue weighted by atomic mass is 10.1. The minimum Gasteiger partial charge on any atom is -0.494 e. The second-order valence-corrected chi connectivity index (χ2v) is 13.1. The summed E-state index contributed by atoms with van der Waals surface area (Å²) in [4.78, 5) is 52.9. The van der Waals surface area contributed by atoms with Gasteiger partial charge in [-0.15, -0.1) is 0 Å². The first kappa shape index (κ1) is 41.5. The number of esters is 3. The molecule has 4 aromatic carbocycles. The molecule has 5 aromatic rings. The van der Waals surface area contributed by atoms with Gasteiger partial charge in [0, 0.05) is 30.9 Å². The molecule has 0 atom stereocenters. The van der Waals surface area contributed by atoms with Gasteiger partial charge in [0.05, 0.1) is 60.6 Å². The lowest BCUT2D eigenvalue weighted by Gasteiger charge is -2.11. The number of para-hydroxylation sites is 1. The molecule has 0 aliphatic carbocycles. The second kappa shape index (κ2) is 22.0. The Morgan fingerprint density at radius 3 is 2.11 bits per heavy atom. The van der Waals surface area contributed by atoms with Crippen LogP contribution in [0.5, 0.6) is 17.2 Å². The first-order chi connectivity index (χ1) is 27.8. The molecule has 1 aromatic heterocycles. The normalized spacial score (nSPS) is 10.8. The number of hydrazone groups is 1. The number of ketones is 1. The molecule has 0 radical (unpaired) electrons. The van der Waals surface area contributed by atoms with E-state index in [9.17, 15) is 19.2 Å². The molecule has 5 rings (SSSR count). The predicted molar refractivity (Wildman–Crippen MR) is 217 cm³/mol. The zero-order chi connectivity index (χ0) is 40.2. The summed E-state index contributed by atoms with van der Waals surface area (Å²) < 4.78 is 33.9. The Balaban J connectivity index is 1.16. The third kappa shape index (κ3) is 13.6. The maximum absolute atomic E-state index is 13.2. The van der Waals surface area contributed by atoms with E-state index >= 15 is 0 Å². The number of fused-ring (bicyclic) bond motifs is 1. The van der Waals surface area contributed by atoms with Crippen molar-refractivity contribution in [3.05, 3.63) is 139 Å². The van der Waals surface area contributed by atoms with Crippen LogP contribution in [-0.2, 0) is 30.2 Å². The van der Waals surface area contributed by atoms with E-state index in [2.05, 4.69) is 28.7 Å². The molecule has 0 aliphatic rings. The summed E-state index contributed by atoms with van der Waals surface area (Å²) in [7, 11) is 0. The molecule has 0 amide bonds. The van der Waals surface area contributed by atoms with Gasteiger partial charge in [0.2, 0.25) is 5.13 Å². The van der Waals surface area contributed by atoms with Crippen molar-refractivity contribution < 1.29 is 47.6 Å². The Labute approximate surface area is 333 Å². The van der Waals surface area contributed by atoms with Crippen LogP contribution >= 0.6 is 11.3 Å². The molecule has 0 bridgehead atoms. The van der Waals surface area contributed by atoms with Gasteiger partial charge in [-0.05, 0) is 84.4 Å². The number of nitrogens with zero attached hydrogens (tertiary/aromatic N) is 2. The monoisotopic (exact) mass is 791 g/mol. The van der Waals surface area contributed by atoms with Gasteiger partial charge in [0.15, 0.2) is 5.78 Å². The van der Waals surface area contributed by atoms with E-state index < -0.39 is 17.9 Å². The van der Waals surface area contributed by atoms with E-state index in [1.54, 1.807) is 66.7 Å². The molecule has 0 saturated heterocycles. The van der Waals surface area contributed by atoms with Crippen LogP contribution in [0.2, 0.25) is 0 Å². The van der Waals surface area contributed by atoms with E-state index in [0.717, 1.165) is 21.9 Å². The number of nitrogens with one attached hydrogen (secondary N) is 1. The molecular weight excluding hydrogens is 751 g/mol. The van der Waals surface area contributed by atoms with Crippen LogP contribution in [0.3, 0.4) is 0 Å². The highest BCUT2D eigenvalue weighted by atomic mass is 32.1. The average Bonchev–Trinajstić information content (AvgIpc) is 3.66. The van der Waals surface area contributed by atoms with Crippen molar-refractivity contribution in [1.82, 2.24) is 4.98 Å². The van der Waals surface area contributed by atoms with Crippen LogP contribution in [0.4, 0.5) is 5.13 Å². The molecule has 1 N–H and O–H groups in total. The van der Waals surface area contributed by atoms with Crippen molar-refractivity contribution in [2.24, 2.45) is 5.10 Å². The number of carbonyl (C=O) groups excluding carboxylic acids is 4. The van der Waals surface area contributed by atoms with Crippen molar-refractivity contribution in [2.45, 2.75) is 19.3 Å². The lowest BCUT2D eigenvalue weighted by Crippen LogP contribution is -2.11. The van der Waals surface area contributed by atoms with Crippen molar-refractivity contribution in [2.75, 3.05) is 45.1 Å². The number of ether oxygens (including phenoxy) is 6. The van der Waals surface area contributed by atoms with Crippen LogP contribution in [0.15, 0.2) is 121 Å². The molecule has 0 saturated carbocycles. The summed E-state index contributed by atoms with van der Waals surface area (Å²) in [6.07, 6.45) is 5.32. The second-order valence-electron chi connectivity index (χ2n) is 12.1. The minimum absolute atomic E-state index is 0.0124. The topological polar surface area (TPSA) is 161 Å². The Morgan fingerprint density at radius 1 is 0.737 bits per heavy atom. The Kier molecular flexibility index (Phi) is 16.1. The molecule has 294 valence electrons. The molecule has 0 unspecified atom stereocenters. The van der Waals surface area contributed by atoms with E-state index in [0.29, 0.717) is 72.4 Å². The zero-order valence-electron chi connectivity index (χ0n) is 31.1. The number of hydrogen-bond donors (Lipinski definition) is 1. The lowest BCUT2D eigenvalue weighted by molar-refractivity contribution is -0.138. The molecule has 57 heavy (non-hydrogen) atoms. The summed E-state index contributed by atoms with van der Waals surface area (Å²) in [6.45, 7) is 8.12. The highest BCUT2D eigenvalue weighted by molar-refractivity contribution is 7.22. The summed E-state index contributed by atoms with van der Waals surface area (Å²) in [5.41, 5.74) is 5.79. The first-order valence-corrected chi connectivity index (χ1v) is 18.8. The Morgan fingerprint density at radius 2 is 1.42 bits per heavy atom. The third-order valence-electron chi connectivity index (χ3n) is 7.88. The van der Waals surface area contributed by atoms with Crippen LogP contribution < -0.4 is 19.6 Å². The highest BCUT2D eigenvalue weighted by Gasteiger charge is 2.14. The molecule has 0 fully saturated rings. The summed E-state index contributed by atoms with van der Waals surface area (Å²) >= 11 is 1.45. The van der Waals surface area contributed by atoms with Crippen molar-refractivity contribution in [1.29, 1.82) is 0 Å². The standard InChI is InChI=1S/C43H41N3O10S/c1-3-34(47)29-51-22-7-23-52-36-18-14-32(15-19-36)42(50)56-38-20-11-30(27-33(38)28-44-46-43-45-37-9-5-6-10-39(37)57-43)21-26-55-41(49)31-12-16-35(17-13-31)53-24-8-25-54-40(48)4-2/h3-6,9-20,27-28H,1-2,7-8,21-26,29H2,(H,45,46)/b44-28+. The van der Waals surface area contributed by atoms with Gasteiger partial charge in [0.1, 0.15) is 23.9 Å². The molecule has 0 spiro atoms. The fourth-order valence-electron chi connectivity index (χ4n) is 4.97. The Bertz CT molecular complexity index is 2150. The maximum Gasteiger partial charge on any atom is 0.343 e. The number of aromatic nitrogens is 1. The quantitative estimate of drug-likeness (QED) is 0.0175. The van der Waals surface area contributed by atoms with Crippen LogP contribution in [0.1, 0.15) is 44.7 Å². The average molecular weight is 792 g/mol. The number of anilines is 1. The van der Waals surface area contributed by atoms with E-state index in [4.69, 9.17) is 28.4 Å². The van der Waals surface area contributed by atoms with Crippen LogP contribution in [0.25, 0.3) is 10.2 Å². The Hall–Kier alpha value is -6.64. The van der Waals surface area contributed by atoms with Crippen molar-refractivity contribution in [3.8, 4) is 17.2 Å². The summed E-state index contributed by atoms with van der Waals surface area (Å²) in [5, 5.41) is 4.97. The van der Waals surface area contributed by atoms with Gasteiger partial charge >= 0.3 is 17.9 Å². The van der Waals surface area contributed by atoms with Gasteiger partial charge in [-0.25, -0.2) is 19.4 Å². The minimum atomic E-state index is -0.581. The number of rotatable bonds is 23. The van der Waals surface area contributed by atoms with Gasteiger partial charge in [-0.1, -0.05) is 42.7 Å². The molecule has 1 heterocycles. The number of benzene rings is 4. The molecular formula is C43H41N3O10S. The van der Waals surface area contributed by atoms with Crippen molar-refractivity contribution in [3.63, 3.8) is 0 Å². The van der Waals surface area contributed by atoms with Crippen LogP contribution in [-0.4, -0.2) is 74.5 Å². The van der Waals surface area contributed by atoms with Gasteiger partial charge < -0.3 is 28.4 Å². The van der Waals surface area contributed by atoms with E-state index in [-0.39, 0.29) is 31.4 Å². The van der Waals surface area contributed by atoms with E-state index in [1.165, 1.54) is 23.6 Å². The maximum atomic E-state index is 13.2. The number of carbonyl (C=O) groups is 4. The number of thiazole rings is 1. The zero-order valence-corrected chi connectivity index (χ0v) is 31.9. The highest BCUT2D eigenvalue weighted by Crippen LogP contribution is 2.26. The largest absolute Gasteiger partial charge is 0.494 e. The summed E-state index contributed by atoms with van der Waals surface area (Å²) in [6, 6.07) is 26.1. The van der Waals surface area contributed by atoms with Gasteiger partial charge in [0.25, 0.3) is 0 Å². The molecule has 13 nitrogen and oxygen atoms in total. The summed E-state index contributed by atoms with van der Waals surface area (Å²) in [5.74, 6) is -0.340. The SMILES string of the molecule is C=CC(=O)COCCCOc1ccc(C(=O)Oc2ccc(CCOC(=O)c3ccc(OCCCOC(=O)C=C)cc3)cc2/C=N/Nc2nc3ccccc3s2)cc1. The molecule has 0 aliphatic heterocycles. The smallest absolute Gasteiger partial charge is 0.343 e. The van der Waals surface area contributed by atoms with Crippen LogP contribution in [0, 0.1) is 0 Å². The molecule has 14 heteroatoms. The fraction of sp³-hybridized carbons (Fsp3) is 0.209. The third-order valence-corrected chi connectivity index (χ3v) is 8.82. The van der Waals surface area contributed by atoms with Crippen molar-refractivity contribution >= 4 is 56.6 Å². The van der Waals surface area contributed by atoms with Gasteiger partial charge in [-0.2, -0.15) is 5.10 Å². The number of hydrogen-bond acceptors (Lipinski definition) is 14. The fourth-order valence-corrected chi connectivity index (χ4v) is 5.78. The predicted octanol–water partition coefficient (Wildman–Crippen LogP) is 7.40. The van der Waals surface area contributed by atoms with Gasteiger partial charge in [-0.3, -0.25) is 10.2 Å².